The van der Waals surface area contributed by atoms with Crippen LogP contribution in [0.15, 0.2) is 154 Å². The molecular formula is C40H56. The predicted molar refractivity (Wildman–Crippen MR) is 186 cm³/mol. The summed E-state index contributed by atoms with van der Waals surface area (Å²) in [4.78, 5) is 0. The van der Waals surface area contributed by atoms with Crippen LogP contribution in [0.2, 0.25) is 0 Å². The lowest BCUT2D eigenvalue weighted by atomic mass is 10.1. The lowest BCUT2D eigenvalue weighted by Gasteiger charge is -1.96. The standard InChI is InChI=1S/C40H56/c1-33(2)19-13-23-37(7)27-17-31-39(9)29-15-25-35(5)21-11-12-22-36(6)26-16-30-40(10)32-18-28-38(8)24-14-20-34(3)4/h11-12,15-22,25-32H,13-14,23-24H2,1-10H3/b12-11+,25-15+,26-16+,31-17+,32-18+,35-21+,36-22+,37-27+,38-28+,39-29+,40-30+/i5D3,6D3. The molecule has 0 atom stereocenters. The topological polar surface area (TPSA) is 0 Å². The van der Waals surface area contributed by atoms with Gasteiger partial charge in [-0.2, -0.15) is 0 Å². The molecule has 0 radical (unpaired) electrons. The highest BCUT2D eigenvalue weighted by molar-refractivity contribution is 5.32. The summed E-state index contributed by atoms with van der Waals surface area (Å²) in [6.45, 7) is 11.9. The van der Waals surface area contributed by atoms with Gasteiger partial charge in [0.05, 0.1) is 0 Å². The minimum Gasteiger partial charge on any atom is -0.0856 e. The van der Waals surface area contributed by atoms with Crippen molar-refractivity contribution in [1.29, 1.82) is 0 Å². The van der Waals surface area contributed by atoms with Crippen LogP contribution < -0.4 is 0 Å². The van der Waals surface area contributed by atoms with E-state index in [2.05, 4.69) is 65.8 Å². The maximum atomic E-state index is 7.88. The molecule has 0 aromatic carbocycles. The second kappa shape index (κ2) is 23.5. The molecule has 0 aromatic rings. The first-order chi connectivity index (χ1) is 21.4. The molecular weight excluding hydrogens is 480 g/mol. The Labute approximate surface area is 256 Å². The molecule has 0 amide bonds. The maximum absolute atomic E-state index is 7.88. The number of allylic oxidation sites excluding steroid dienone is 26. The first-order valence-electron chi connectivity index (χ1n) is 17.2. The predicted octanol–water partition coefficient (Wildman–Crippen LogP) is 12.9. The van der Waals surface area contributed by atoms with Crippen molar-refractivity contribution in [3.05, 3.63) is 154 Å². The zero-order chi connectivity index (χ0) is 35.2. The summed E-state index contributed by atoms with van der Waals surface area (Å²) in [5.74, 6) is 0. The molecule has 216 valence electrons. The van der Waals surface area contributed by atoms with Crippen LogP contribution in [0.3, 0.4) is 0 Å². The van der Waals surface area contributed by atoms with Crippen LogP contribution in [-0.4, -0.2) is 0 Å². The Hall–Kier alpha value is -3.38. The fourth-order valence-corrected chi connectivity index (χ4v) is 3.22. The van der Waals surface area contributed by atoms with Gasteiger partial charge in [0.25, 0.3) is 0 Å². The SMILES string of the molecule is [2H]C([2H])([2H])C(/C=C/C=C(C)/C=C/C=C(\C)CCC=C(C)C)=C\C=C\C=C(\C=C\C=C(C)\C=C\C=C(/C)CCC=C(C)C)C([2H])([2H])[2H]. The molecule has 0 spiro atoms. The van der Waals surface area contributed by atoms with Gasteiger partial charge in [-0.05, 0) is 94.8 Å². The van der Waals surface area contributed by atoms with Crippen LogP contribution in [0.4, 0.5) is 0 Å². The number of hydrogen-bond acceptors (Lipinski definition) is 0. The van der Waals surface area contributed by atoms with Crippen molar-refractivity contribution in [2.24, 2.45) is 0 Å². The Balaban J connectivity index is 5.58. The highest BCUT2D eigenvalue weighted by Gasteiger charge is 1.88. The van der Waals surface area contributed by atoms with Crippen molar-refractivity contribution < 1.29 is 8.22 Å². The zero-order valence-corrected chi connectivity index (χ0v) is 26.2. The van der Waals surface area contributed by atoms with Gasteiger partial charge in [-0.25, -0.2) is 0 Å². The Morgan fingerprint density at radius 2 is 0.750 bits per heavy atom. The van der Waals surface area contributed by atoms with Gasteiger partial charge in [-0.15, -0.1) is 0 Å². The number of hydrogen-bond donors (Lipinski definition) is 0. The van der Waals surface area contributed by atoms with Crippen molar-refractivity contribution >= 4 is 0 Å². The Bertz CT molecular complexity index is 1240. The van der Waals surface area contributed by atoms with E-state index in [1.807, 2.05) is 50.3 Å². The van der Waals surface area contributed by atoms with E-state index < -0.39 is 13.7 Å². The zero-order valence-electron chi connectivity index (χ0n) is 32.2. The van der Waals surface area contributed by atoms with Crippen LogP contribution in [0.25, 0.3) is 0 Å². The molecule has 40 heavy (non-hydrogen) atoms. The van der Waals surface area contributed by atoms with E-state index in [-0.39, 0.29) is 11.1 Å². The third kappa shape index (κ3) is 24.9. The lowest BCUT2D eigenvalue weighted by Crippen LogP contribution is -1.76. The molecule has 0 heterocycles. The van der Waals surface area contributed by atoms with Crippen LogP contribution in [0.5, 0.6) is 0 Å². The summed E-state index contributed by atoms with van der Waals surface area (Å²) in [5, 5.41) is 0. The van der Waals surface area contributed by atoms with E-state index in [1.54, 1.807) is 36.5 Å². The molecule has 0 heteroatoms. The fraction of sp³-hybridized carbons (Fsp3) is 0.350. The summed E-state index contributed by atoms with van der Waals surface area (Å²) in [5.41, 5.74) is 7.53. The summed E-state index contributed by atoms with van der Waals surface area (Å²) >= 11 is 0. The Morgan fingerprint density at radius 1 is 0.425 bits per heavy atom. The highest BCUT2D eigenvalue weighted by atomic mass is 13.9. The van der Waals surface area contributed by atoms with Crippen LogP contribution in [-0.2, 0) is 0 Å². The largest absolute Gasteiger partial charge is 0.0856 e. The van der Waals surface area contributed by atoms with E-state index in [4.69, 9.17) is 8.22 Å². The molecule has 0 N–H and O–H groups in total. The Morgan fingerprint density at radius 3 is 1.10 bits per heavy atom. The van der Waals surface area contributed by atoms with Crippen LogP contribution in [0.1, 0.15) is 103 Å². The van der Waals surface area contributed by atoms with Gasteiger partial charge in [0.1, 0.15) is 0 Å². The minimum atomic E-state index is -2.31. The first-order valence-corrected chi connectivity index (χ1v) is 14.2. The molecule has 0 aliphatic rings. The van der Waals surface area contributed by atoms with Gasteiger partial charge in [0, 0.05) is 8.22 Å². The number of rotatable bonds is 16. The monoisotopic (exact) mass is 542 g/mol. The van der Waals surface area contributed by atoms with Gasteiger partial charge >= 0.3 is 0 Å². The van der Waals surface area contributed by atoms with Gasteiger partial charge in [-0.1, -0.05) is 154 Å². The van der Waals surface area contributed by atoms with Crippen LogP contribution >= 0.6 is 0 Å². The second-order valence-electron chi connectivity index (χ2n) is 10.6. The van der Waals surface area contributed by atoms with E-state index in [0.717, 1.165) is 36.8 Å². The van der Waals surface area contributed by atoms with E-state index in [0.29, 0.717) is 0 Å². The third-order valence-electron chi connectivity index (χ3n) is 5.59. The molecule has 0 saturated carbocycles. The normalized spacial score (nSPS) is 17.9. The average molecular weight is 543 g/mol. The molecule has 0 saturated heterocycles. The molecule has 0 aliphatic carbocycles. The Kier molecular flexibility index (Phi) is 15.8. The van der Waals surface area contributed by atoms with Gasteiger partial charge in [0.15, 0.2) is 0 Å². The lowest BCUT2D eigenvalue weighted by molar-refractivity contribution is 0.967. The molecule has 0 nitrogen and oxygen atoms in total. The van der Waals surface area contributed by atoms with Gasteiger partial charge in [-0.3, -0.25) is 0 Å². The van der Waals surface area contributed by atoms with Crippen LogP contribution in [0, 0.1) is 0 Å². The molecule has 0 unspecified atom stereocenters. The van der Waals surface area contributed by atoms with E-state index >= 15 is 0 Å². The molecule has 0 fully saturated rings. The minimum absolute atomic E-state index is 0.151. The summed E-state index contributed by atoms with van der Waals surface area (Å²) in [6, 6.07) is 0. The summed E-state index contributed by atoms with van der Waals surface area (Å²) in [6.07, 6.45) is 37.1. The molecule has 0 rings (SSSR count). The van der Waals surface area contributed by atoms with E-state index in [9.17, 15) is 0 Å². The quantitative estimate of drug-likeness (QED) is 0.134. The maximum Gasteiger partial charge on any atom is 0.0280 e. The van der Waals surface area contributed by atoms with Crippen molar-refractivity contribution in [2.75, 3.05) is 0 Å². The first kappa shape index (κ1) is 26.8. The highest BCUT2D eigenvalue weighted by Crippen LogP contribution is 2.09. The smallest absolute Gasteiger partial charge is 0.0280 e. The van der Waals surface area contributed by atoms with Crippen molar-refractivity contribution in [3.63, 3.8) is 0 Å². The fourth-order valence-electron chi connectivity index (χ4n) is 3.22. The van der Waals surface area contributed by atoms with E-state index in [1.165, 1.54) is 34.4 Å². The van der Waals surface area contributed by atoms with Gasteiger partial charge < -0.3 is 0 Å². The van der Waals surface area contributed by atoms with Crippen molar-refractivity contribution in [2.45, 2.75) is 94.8 Å². The molecule has 0 aromatic heterocycles. The third-order valence-corrected chi connectivity index (χ3v) is 5.59. The average Bonchev–Trinajstić information content (AvgIpc) is 2.91. The van der Waals surface area contributed by atoms with Gasteiger partial charge in [0.2, 0.25) is 0 Å². The summed E-state index contributed by atoms with van der Waals surface area (Å²) in [7, 11) is 0. The second-order valence-corrected chi connectivity index (χ2v) is 10.6. The summed E-state index contributed by atoms with van der Waals surface area (Å²) < 4.78 is 47.3. The van der Waals surface area contributed by atoms with Crippen molar-refractivity contribution in [1.82, 2.24) is 0 Å². The van der Waals surface area contributed by atoms with Crippen molar-refractivity contribution in [3.8, 4) is 0 Å². The molecule has 0 aliphatic heterocycles. The molecule has 0 bridgehead atoms.